The van der Waals surface area contributed by atoms with Crippen molar-refractivity contribution >= 4 is 23.3 Å². The number of benzene rings is 3. The van der Waals surface area contributed by atoms with Crippen LogP contribution in [0.3, 0.4) is 0 Å². The molecule has 24 heavy (non-hydrogen) atoms. The molecule has 4 heteroatoms. The van der Waals surface area contributed by atoms with Gasteiger partial charge in [-0.25, -0.2) is 0 Å². The van der Waals surface area contributed by atoms with Gasteiger partial charge >= 0.3 is 0 Å². The van der Waals surface area contributed by atoms with Gasteiger partial charge in [-0.05, 0) is 42.0 Å². The van der Waals surface area contributed by atoms with E-state index in [2.05, 4.69) is 15.2 Å². The maximum atomic E-state index is 5.17. The average Bonchev–Trinajstić information content (AvgIpc) is 2.66. The van der Waals surface area contributed by atoms with E-state index >= 15 is 0 Å². The van der Waals surface area contributed by atoms with Gasteiger partial charge in [-0.1, -0.05) is 36.4 Å². The third-order valence-corrected chi connectivity index (χ3v) is 3.35. The smallest absolute Gasteiger partial charge is 0.121 e. The standard InChI is InChI=1S/C20H17N3O/c1-24-20-9-5-8-19(14-20)23-22-18-12-10-17(11-13-18)21-15-16-6-3-2-4-7-16/h2-15H,1H3. The second-order valence-corrected chi connectivity index (χ2v) is 5.09. The first-order valence-corrected chi connectivity index (χ1v) is 7.58. The van der Waals surface area contributed by atoms with Crippen LogP contribution in [0.5, 0.6) is 5.75 Å². The number of aliphatic imine (C=N–C) groups is 1. The van der Waals surface area contributed by atoms with Crippen molar-refractivity contribution in [3.8, 4) is 5.75 Å². The molecule has 0 aromatic heterocycles. The molecule has 3 aromatic carbocycles. The third kappa shape index (κ3) is 4.36. The van der Waals surface area contributed by atoms with E-state index in [1.165, 1.54) is 0 Å². The first-order chi connectivity index (χ1) is 11.8. The van der Waals surface area contributed by atoms with E-state index in [0.717, 1.165) is 28.4 Å². The Kier molecular flexibility index (Phi) is 5.10. The molecular formula is C20H17N3O. The minimum atomic E-state index is 0.750. The summed E-state index contributed by atoms with van der Waals surface area (Å²) in [5.74, 6) is 0.761. The Bertz CT molecular complexity index is 840. The Morgan fingerprint density at radius 2 is 1.42 bits per heavy atom. The summed E-state index contributed by atoms with van der Waals surface area (Å²) in [6, 6.07) is 25.1. The molecule has 3 aromatic rings. The van der Waals surface area contributed by atoms with Crippen molar-refractivity contribution in [3.63, 3.8) is 0 Å². The van der Waals surface area contributed by atoms with Crippen LogP contribution in [0.2, 0.25) is 0 Å². The van der Waals surface area contributed by atoms with Gasteiger partial charge in [-0.2, -0.15) is 10.2 Å². The van der Waals surface area contributed by atoms with Gasteiger partial charge in [0.25, 0.3) is 0 Å². The Morgan fingerprint density at radius 3 is 2.17 bits per heavy atom. The Hall–Kier alpha value is -3.27. The predicted octanol–water partition coefficient (Wildman–Crippen LogP) is 5.86. The lowest BCUT2D eigenvalue weighted by Gasteiger charge is -1.99. The highest BCUT2D eigenvalue weighted by molar-refractivity contribution is 5.81. The van der Waals surface area contributed by atoms with E-state index in [4.69, 9.17) is 4.74 Å². The van der Waals surface area contributed by atoms with Crippen LogP contribution in [0.1, 0.15) is 5.56 Å². The first kappa shape index (κ1) is 15.6. The van der Waals surface area contributed by atoms with E-state index in [9.17, 15) is 0 Å². The molecule has 0 radical (unpaired) electrons. The van der Waals surface area contributed by atoms with Gasteiger partial charge in [0.1, 0.15) is 5.75 Å². The summed E-state index contributed by atoms with van der Waals surface area (Å²) < 4.78 is 5.17. The van der Waals surface area contributed by atoms with Crippen LogP contribution in [0, 0.1) is 0 Å². The highest BCUT2D eigenvalue weighted by Crippen LogP contribution is 2.24. The van der Waals surface area contributed by atoms with E-state index in [1.807, 2.05) is 85.1 Å². The molecule has 0 aliphatic rings. The Balaban J connectivity index is 1.68. The number of hydrogen-bond donors (Lipinski definition) is 0. The number of hydrogen-bond acceptors (Lipinski definition) is 4. The van der Waals surface area contributed by atoms with E-state index < -0.39 is 0 Å². The minimum absolute atomic E-state index is 0.750. The molecule has 0 saturated carbocycles. The number of azo groups is 1. The van der Waals surface area contributed by atoms with E-state index in [1.54, 1.807) is 7.11 Å². The lowest BCUT2D eigenvalue weighted by atomic mass is 10.2. The van der Waals surface area contributed by atoms with Gasteiger partial charge in [-0.15, -0.1) is 0 Å². The summed E-state index contributed by atoms with van der Waals surface area (Å²) in [6.07, 6.45) is 1.84. The molecule has 0 saturated heterocycles. The molecule has 0 heterocycles. The number of nitrogens with zero attached hydrogens (tertiary/aromatic N) is 3. The van der Waals surface area contributed by atoms with Crippen molar-refractivity contribution in [2.75, 3.05) is 7.11 Å². The van der Waals surface area contributed by atoms with Crippen LogP contribution in [0.4, 0.5) is 17.1 Å². The van der Waals surface area contributed by atoms with Crippen LogP contribution in [-0.2, 0) is 0 Å². The van der Waals surface area contributed by atoms with Gasteiger partial charge < -0.3 is 4.74 Å². The number of ether oxygens (including phenoxy) is 1. The molecule has 0 aliphatic carbocycles. The monoisotopic (exact) mass is 315 g/mol. The second kappa shape index (κ2) is 7.83. The zero-order chi connectivity index (χ0) is 16.6. The van der Waals surface area contributed by atoms with E-state index in [0.29, 0.717) is 0 Å². The van der Waals surface area contributed by atoms with Crippen LogP contribution < -0.4 is 4.74 Å². The molecule has 0 N–H and O–H groups in total. The molecule has 0 aliphatic heterocycles. The van der Waals surface area contributed by atoms with Crippen molar-refractivity contribution in [1.82, 2.24) is 0 Å². The predicted molar refractivity (Wildman–Crippen MR) is 97.3 cm³/mol. The van der Waals surface area contributed by atoms with Gasteiger partial charge in [0, 0.05) is 12.3 Å². The van der Waals surface area contributed by atoms with Crippen LogP contribution in [0.15, 0.2) is 94.1 Å². The third-order valence-electron chi connectivity index (χ3n) is 3.35. The molecule has 0 bridgehead atoms. The molecule has 0 fully saturated rings. The van der Waals surface area contributed by atoms with Crippen LogP contribution in [-0.4, -0.2) is 13.3 Å². The fraction of sp³-hybridized carbons (Fsp3) is 0.0500. The lowest BCUT2D eigenvalue weighted by Crippen LogP contribution is -1.79. The SMILES string of the molecule is COc1cccc(N=Nc2ccc(N=Cc3ccccc3)cc2)c1. The van der Waals surface area contributed by atoms with Crippen molar-refractivity contribution in [3.05, 3.63) is 84.4 Å². The highest BCUT2D eigenvalue weighted by atomic mass is 16.5. The molecule has 0 atom stereocenters. The summed E-state index contributed by atoms with van der Waals surface area (Å²) in [5, 5.41) is 8.44. The fourth-order valence-electron chi connectivity index (χ4n) is 2.08. The van der Waals surface area contributed by atoms with Crippen LogP contribution in [0.25, 0.3) is 0 Å². The maximum Gasteiger partial charge on any atom is 0.121 e. The Morgan fingerprint density at radius 1 is 0.708 bits per heavy atom. The second-order valence-electron chi connectivity index (χ2n) is 5.09. The summed E-state index contributed by atoms with van der Waals surface area (Å²) in [7, 11) is 1.63. The summed E-state index contributed by atoms with van der Waals surface area (Å²) >= 11 is 0. The van der Waals surface area contributed by atoms with Gasteiger partial charge in [0.2, 0.25) is 0 Å². The molecule has 0 unspecified atom stereocenters. The zero-order valence-corrected chi connectivity index (χ0v) is 13.3. The number of rotatable bonds is 5. The minimum Gasteiger partial charge on any atom is -0.497 e. The van der Waals surface area contributed by atoms with Gasteiger partial charge in [0.15, 0.2) is 0 Å². The van der Waals surface area contributed by atoms with Crippen molar-refractivity contribution in [2.45, 2.75) is 0 Å². The van der Waals surface area contributed by atoms with Crippen molar-refractivity contribution < 1.29 is 4.74 Å². The average molecular weight is 315 g/mol. The summed E-state index contributed by atoms with van der Waals surface area (Å²) in [4.78, 5) is 4.44. The molecular weight excluding hydrogens is 298 g/mol. The Labute approximate surface area is 141 Å². The van der Waals surface area contributed by atoms with Crippen molar-refractivity contribution in [2.24, 2.45) is 15.2 Å². The normalized spacial score (nSPS) is 11.2. The topological polar surface area (TPSA) is 46.3 Å². The largest absolute Gasteiger partial charge is 0.497 e. The fourth-order valence-corrected chi connectivity index (χ4v) is 2.08. The van der Waals surface area contributed by atoms with E-state index in [-0.39, 0.29) is 0 Å². The number of methoxy groups -OCH3 is 1. The molecule has 4 nitrogen and oxygen atoms in total. The van der Waals surface area contributed by atoms with Gasteiger partial charge in [-0.3, -0.25) is 4.99 Å². The lowest BCUT2D eigenvalue weighted by molar-refractivity contribution is 0.415. The summed E-state index contributed by atoms with van der Waals surface area (Å²) in [5.41, 5.74) is 3.47. The molecule has 118 valence electrons. The molecule has 0 spiro atoms. The quantitative estimate of drug-likeness (QED) is 0.429. The van der Waals surface area contributed by atoms with Gasteiger partial charge in [0.05, 0.1) is 24.2 Å². The van der Waals surface area contributed by atoms with Crippen LogP contribution >= 0.6 is 0 Å². The zero-order valence-electron chi connectivity index (χ0n) is 13.3. The first-order valence-electron chi connectivity index (χ1n) is 7.58. The van der Waals surface area contributed by atoms with Crippen molar-refractivity contribution in [1.29, 1.82) is 0 Å². The molecule has 3 rings (SSSR count). The molecule has 0 amide bonds. The summed E-state index contributed by atoms with van der Waals surface area (Å²) in [6.45, 7) is 0. The maximum absolute atomic E-state index is 5.17. The highest BCUT2D eigenvalue weighted by Gasteiger charge is 1.95.